The van der Waals surface area contributed by atoms with E-state index in [0.717, 1.165) is 19.5 Å². The van der Waals surface area contributed by atoms with Gasteiger partial charge in [0.2, 0.25) is 15.9 Å². The molecule has 2 aliphatic rings. The van der Waals surface area contributed by atoms with Crippen molar-refractivity contribution in [3.05, 3.63) is 24.3 Å². The van der Waals surface area contributed by atoms with Gasteiger partial charge in [-0.2, -0.15) is 4.31 Å². The van der Waals surface area contributed by atoms with E-state index >= 15 is 0 Å². The van der Waals surface area contributed by atoms with E-state index in [0.29, 0.717) is 38.3 Å². The number of carbonyl (C=O) groups is 1. The van der Waals surface area contributed by atoms with Crippen molar-refractivity contribution in [3.63, 3.8) is 0 Å². The number of piperidine rings is 1. The molecule has 3 rings (SSSR count). The zero-order chi connectivity index (χ0) is 18.6. The van der Waals surface area contributed by atoms with E-state index in [1.807, 2.05) is 6.92 Å². The Morgan fingerprint density at radius 1 is 1.23 bits per heavy atom. The highest BCUT2D eigenvalue weighted by atomic mass is 32.2. The number of hydrogen-bond donors (Lipinski definition) is 2. The molecule has 1 atom stereocenters. The van der Waals surface area contributed by atoms with E-state index in [2.05, 4.69) is 10.6 Å². The van der Waals surface area contributed by atoms with Crippen molar-refractivity contribution in [1.29, 1.82) is 0 Å². The number of benzene rings is 1. The fourth-order valence-corrected chi connectivity index (χ4v) is 4.95. The van der Waals surface area contributed by atoms with Gasteiger partial charge in [-0.25, -0.2) is 8.42 Å². The summed E-state index contributed by atoms with van der Waals surface area (Å²) in [5.74, 6) is 0.599. The molecule has 2 aliphatic heterocycles. The first-order valence-electron chi connectivity index (χ1n) is 9.25. The predicted molar refractivity (Wildman–Crippen MR) is 98.5 cm³/mol. The third kappa shape index (κ3) is 4.36. The Labute approximate surface area is 155 Å². The number of rotatable bonds is 6. The van der Waals surface area contributed by atoms with Crippen molar-refractivity contribution in [2.24, 2.45) is 5.92 Å². The van der Waals surface area contributed by atoms with Crippen LogP contribution in [-0.2, 0) is 14.8 Å². The predicted octanol–water partition coefficient (Wildman–Crippen LogP) is 0.964. The number of hydrogen-bond acceptors (Lipinski definition) is 5. The summed E-state index contributed by atoms with van der Waals surface area (Å²) in [6.07, 6.45) is 2.07. The molecule has 0 spiro atoms. The smallest absolute Gasteiger partial charge is 0.243 e. The topological polar surface area (TPSA) is 87.7 Å². The second-order valence-electron chi connectivity index (χ2n) is 6.78. The van der Waals surface area contributed by atoms with E-state index in [-0.39, 0.29) is 22.8 Å². The van der Waals surface area contributed by atoms with E-state index in [1.165, 1.54) is 4.31 Å². The van der Waals surface area contributed by atoms with Crippen LogP contribution in [0.15, 0.2) is 29.2 Å². The maximum atomic E-state index is 12.8. The first-order chi connectivity index (χ1) is 12.5. The van der Waals surface area contributed by atoms with Gasteiger partial charge >= 0.3 is 0 Å². The molecular weight excluding hydrogens is 354 g/mol. The molecular formula is C18H27N3O4S. The molecule has 0 aliphatic carbocycles. The molecule has 0 bridgehead atoms. The summed E-state index contributed by atoms with van der Waals surface area (Å²) in [4.78, 5) is 12.6. The molecule has 1 unspecified atom stereocenters. The average molecular weight is 381 g/mol. The second-order valence-corrected chi connectivity index (χ2v) is 8.72. The van der Waals surface area contributed by atoms with Gasteiger partial charge in [0.1, 0.15) is 5.75 Å². The number of ether oxygens (including phenoxy) is 1. The Balaban J connectivity index is 1.56. The van der Waals surface area contributed by atoms with Crippen molar-refractivity contribution < 1.29 is 17.9 Å². The highest BCUT2D eigenvalue weighted by molar-refractivity contribution is 7.89. The van der Waals surface area contributed by atoms with Crippen molar-refractivity contribution in [1.82, 2.24) is 14.9 Å². The van der Waals surface area contributed by atoms with Crippen LogP contribution in [0, 0.1) is 5.92 Å². The van der Waals surface area contributed by atoms with E-state index < -0.39 is 10.0 Å². The lowest BCUT2D eigenvalue weighted by atomic mass is 9.97. The number of nitrogens with zero attached hydrogens (tertiary/aromatic N) is 1. The van der Waals surface area contributed by atoms with Gasteiger partial charge in [0, 0.05) is 31.6 Å². The second kappa shape index (κ2) is 8.37. The first kappa shape index (κ1) is 19.1. The monoisotopic (exact) mass is 381 g/mol. The molecule has 1 aromatic rings. The summed E-state index contributed by atoms with van der Waals surface area (Å²) in [6, 6.07) is 6.70. The third-order valence-electron chi connectivity index (χ3n) is 5.00. The van der Waals surface area contributed by atoms with Crippen LogP contribution >= 0.6 is 0 Å². The minimum Gasteiger partial charge on any atom is -0.494 e. The van der Waals surface area contributed by atoms with E-state index in [9.17, 15) is 13.2 Å². The van der Waals surface area contributed by atoms with E-state index in [4.69, 9.17) is 4.74 Å². The van der Waals surface area contributed by atoms with Crippen molar-refractivity contribution in [3.8, 4) is 5.75 Å². The maximum Gasteiger partial charge on any atom is 0.243 e. The van der Waals surface area contributed by atoms with Crippen LogP contribution in [0.3, 0.4) is 0 Å². The van der Waals surface area contributed by atoms with Gasteiger partial charge in [0.25, 0.3) is 0 Å². The quantitative estimate of drug-likeness (QED) is 0.767. The van der Waals surface area contributed by atoms with Crippen LogP contribution in [0.1, 0.15) is 26.2 Å². The van der Waals surface area contributed by atoms with Crippen LogP contribution < -0.4 is 15.4 Å². The number of nitrogens with one attached hydrogen (secondary N) is 2. The Morgan fingerprint density at radius 3 is 2.50 bits per heavy atom. The summed E-state index contributed by atoms with van der Waals surface area (Å²) in [5, 5.41) is 6.30. The molecule has 26 heavy (non-hydrogen) atoms. The number of amides is 1. The van der Waals surface area contributed by atoms with Gasteiger partial charge in [0.05, 0.1) is 11.5 Å². The summed E-state index contributed by atoms with van der Waals surface area (Å²) in [7, 11) is -3.53. The zero-order valence-corrected chi connectivity index (χ0v) is 15.9. The summed E-state index contributed by atoms with van der Waals surface area (Å²) >= 11 is 0. The van der Waals surface area contributed by atoms with Gasteiger partial charge in [-0.15, -0.1) is 0 Å². The molecule has 0 aromatic heterocycles. The maximum absolute atomic E-state index is 12.8. The third-order valence-corrected chi connectivity index (χ3v) is 6.92. The highest BCUT2D eigenvalue weighted by Gasteiger charge is 2.32. The number of carbonyl (C=O) groups excluding carboxylic acids is 1. The Kier molecular flexibility index (Phi) is 6.16. The lowest BCUT2D eigenvalue weighted by molar-refractivity contribution is -0.126. The first-order valence-corrected chi connectivity index (χ1v) is 10.7. The standard InChI is InChI=1S/C18H27N3O4S/c1-2-25-16-3-5-17(6-4-16)26(23,24)21-11-8-14(9-12-21)18(22)20-15-7-10-19-13-15/h3-6,14-15,19H,2,7-13H2,1H3,(H,20,22). The summed E-state index contributed by atoms with van der Waals surface area (Å²) < 4.78 is 32.4. The fraction of sp³-hybridized carbons (Fsp3) is 0.611. The van der Waals surface area contributed by atoms with E-state index in [1.54, 1.807) is 24.3 Å². The van der Waals surface area contributed by atoms with Crippen molar-refractivity contribution in [2.45, 2.75) is 37.1 Å². The molecule has 2 heterocycles. The van der Waals surface area contributed by atoms with Gasteiger partial charge < -0.3 is 15.4 Å². The molecule has 1 aromatic carbocycles. The SMILES string of the molecule is CCOc1ccc(S(=O)(=O)N2CCC(C(=O)NC3CCNC3)CC2)cc1. The highest BCUT2D eigenvalue weighted by Crippen LogP contribution is 2.25. The van der Waals surface area contributed by atoms with Crippen LogP contribution in [-0.4, -0.2) is 57.5 Å². The van der Waals surface area contributed by atoms with Gasteiger partial charge in [-0.3, -0.25) is 4.79 Å². The Hall–Kier alpha value is -1.64. The normalized spacial score (nSPS) is 22.3. The lowest BCUT2D eigenvalue weighted by Crippen LogP contribution is -2.45. The minimum absolute atomic E-state index is 0.0526. The van der Waals surface area contributed by atoms with Crippen molar-refractivity contribution in [2.75, 3.05) is 32.8 Å². The molecule has 2 N–H and O–H groups in total. The lowest BCUT2D eigenvalue weighted by Gasteiger charge is -2.31. The average Bonchev–Trinajstić information content (AvgIpc) is 3.15. The van der Waals surface area contributed by atoms with Gasteiger partial charge in [0.15, 0.2) is 0 Å². The van der Waals surface area contributed by atoms with Crippen LogP contribution in [0.4, 0.5) is 0 Å². The summed E-state index contributed by atoms with van der Waals surface area (Å²) in [5.41, 5.74) is 0. The van der Waals surface area contributed by atoms with Gasteiger partial charge in [-0.05, 0) is 57.0 Å². The molecule has 144 valence electrons. The molecule has 0 saturated carbocycles. The van der Waals surface area contributed by atoms with Crippen LogP contribution in [0.2, 0.25) is 0 Å². The largest absolute Gasteiger partial charge is 0.494 e. The van der Waals surface area contributed by atoms with Gasteiger partial charge in [-0.1, -0.05) is 0 Å². The molecule has 0 radical (unpaired) electrons. The molecule has 7 nitrogen and oxygen atoms in total. The van der Waals surface area contributed by atoms with Crippen LogP contribution in [0.5, 0.6) is 5.75 Å². The fourth-order valence-electron chi connectivity index (χ4n) is 3.48. The molecule has 2 fully saturated rings. The molecule has 8 heteroatoms. The minimum atomic E-state index is -3.53. The Morgan fingerprint density at radius 2 is 1.92 bits per heavy atom. The van der Waals surface area contributed by atoms with Crippen molar-refractivity contribution >= 4 is 15.9 Å². The zero-order valence-electron chi connectivity index (χ0n) is 15.1. The molecule has 2 saturated heterocycles. The summed E-state index contributed by atoms with van der Waals surface area (Å²) in [6.45, 7) is 4.92. The Bertz CT molecular complexity index is 706. The number of sulfonamides is 1. The molecule has 1 amide bonds. The van der Waals surface area contributed by atoms with Crippen LogP contribution in [0.25, 0.3) is 0 Å².